The molecule has 6 aliphatic rings. The standard InChI is InChI=1S/C27H37ClN4O3/c28-22-5-1-2-6-23(22)30-8-10-31(11-9-30)26(35)32-7-3-4-21(17-32)29-25(34)27-14-18-12-19(15-27)24(33)20(13-18)16-27/h1-2,5-6,18-21,24,33H,3-4,7-17H2,(H,29,34)/t18?,19?,20?,21-,24?,27?/m0/s1. The first kappa shape index (κ1) is 23.4. The number of hydrogen-bond donors (Lipinski definition) is 2. The number of aliphatic hydroxyl groups is 1. The molecule has 8 heteroatoms. The summed E-state index contributed by atoms with van der Waals surface area (Å²) >= 11 is 6.36. The van der Waals surface area contributed by atoms with Crippen LogP contribution < -0.4 is 10.2 Å². The number of likely N-dealkylation sites (tertiary alicyclic amines) is 1. The van der Waals surface area contributed by atoms with E-state index < -0.39 is 0 Å². The number of amides is 3. The lowest BCUT2D eigenvalue weighted by Crippen LogP contribution is -2.61. The van der Waals surface area contributed by atoms with Crippen LogP contribution in [0.2, 0.25) is 5.02 Å². The Hall–Kier alpha value is -1.99. The van der Waals surface area contributed by atoms with E-state index in [1.165, 1.54) is 0 Å². The molecular formula is C27H37ClN4O3. The van der Waals surface area contributed by atoms with Crippen molar-refractivity contribution in [1.82, 2.24) is 15.1 Å². The van der Waals surface area contributed by atoms with E-state index in [0.29, 0.717) is 37.4 Å². The highest BCUT2D eigenvalue weighted by molar-refractivity contribution is 6.33. The topological polar surface area (TPSA) is 76.1 Å². The van der Waals surface area contributed by atoms with Crippen molar-refractivity contribution in [2.24, 2.45) is 23.2 Å². The largest absolute Gasteiger partial charge is 0.393 e. The molecule has 7 nitrogen and oxygen atoms in total. The minimum atomic E-state index is -0.295. The van der Waals surface area contributed by atoms with E-state index in [-0.39, 0.29) is 29.5 Å². The molecular weight excluding hydrogens is 464 g/mol. The van der Waals surface area contributed by atoms with Gasteiger partial charge in [-0.3, -0.25) is 4.79 Å². The Morgan fingerprint density at radius 3 is 2.40 bits per heavy atom. The summed E-state index contributed by atoms with van der Waals surface area (Å²) in [6, 6.07) is 7.96. The van der Waals surface area contributed by atoms with E-state index in [1.807, 2.05) is 34.1 Å². The van der Waals surface area contributed by atoms with Gasteiger partial charge in [-0.25, -0.2) is 4.79 Å². The van der Waals surface area contributed by atoms with Gasteiger partial charge in [-0.05, 0) is 74.8 Å². The van der Waals surface area contributed by atoms with E-state index in [9.17, 15) is 14.7 Å². The molecule has 2 heterocycles. The van der Waals surface area contributed by atoms with Gasteiger partial charge >= 0.3 is 6.03 Å². The summed E-state index contributed by atoms with van der Waals surface area (Å²) in [5, 5.41) is 14.7. The van der Waals surface area contributed by atoms with Crippen LogP contribution in [0.3, 0.4) is 0 Å². The number of para-hydroxylation sites is 1. The second kappa shape index (κ2) is 9.15. The number of carbonyl (C=O) groups excluding carboxylic acids is 2. The fraction of sp³-hybridized carbons (Fsp3) is 0.704. The monoisotopic (exact) mass is 500 g/mol. The van der Waals surface area contributed by atoms with E-state index in [1.54, 1.807) is 0 Å². The number of piperazine rings is 1. The molecule has 190 valence electrons. The normalized spacial score (nSPS) is 36.4. The molecule has 0 radical (unpaired) electrons. The lowest BCUT2D eigenvalue weighted by Gasteiger charge is -2.58. The fourth-order valence-corrected chi connectivity index (χ4v) is 8.18. The van der Waals surface area contributed by atoms with Crippen molar-refractivity contribution in [3.63, 3.8) is 0 Å². The third-order valence-corrected chi connectivity index (χ3v) is 9.80. The Balaban J connectivity index is 1.04. The molecule has 1 aromatic rings. The minimum absolute atomic E-state index is 0.0162. The van der Waals surface area contributed by atoms with E-state index in [2.05, 4.69) is 10.2 Å². The fourth-order valence-electron chi connectivity index (χ4n) is 7.93. The maximum Gasteiger partial charge on any atom is 0.320 e. The van der Waals surface area contributed by atoms with Crippen molar-refractivity contribution in [3.05, 3.63) is 29.3 Å². The minimum Gasteiger partial charge on any atom is -0.393 e. The molecule has 2 unspecified atom stereocenters. The zero-order valence-corrected chi connectivity index (χ0v) is 21.1. The van der Waals surface area contributed by atoms with Crippen molar-refractivity contribution in [3.8, 4) is 0 Å². The van der Waals surface area contributed by atoms with Crippen molar-refractivity contribution in [1.29, 1.82) is 0 Å². The molecule has 6 fully saturated rings. The van der Waals surface area contributed by atoms with Gasteiger partial charge < -0.3 is 25.1 Å². The summed E-state index contributed by atoms with van der Waals surface area (Å²) in [5.74, 6) is 1.36. The number of aliphatic hydroxyl groups excluding tert-OH is 1. The van der Waals surface area contributed by atoms with Crippen molar-refractivity contribution < 1.29 is 14.7 Å². The number of anilines is 1. The van der Waals surface area contributed by atoms with Crippen LogP contribution in [-0.2, 0) is 4.79 Å². The third-order valence-electron chi connectivity index (χ3n) is 9.48. The Morgan fingerprint density at radius 2 is 1.69 bits per heavy atom. The van der Waals surface area contributed by atoms with Gasteiger partial charge in [-0.15, -0.1) is 0 Å². The molecule has 0 aromatic heterocycles. The van der Waals surface area contributed by atoms with E-state index in [0.717, 1.165) is 75.3 Å². The summed E-state index contributed by atoms with van der Waals surface area (Å²) in [4.78, 5) is 33.0. The van der Waals surface area contributed by atoms with Gasteiger partial charge in [0.15, 0.2) is 0 Å². The molecule has 2 aliphatic heterocycles. The van der Waals surface area contributed by atoms with Crippen molar-refractivity contribution in [2.75, 3.05) is 44.2 Å². The smallest absolute Gasteiger partial charge is 0.320 e. The highest BCUT2D eigenvalue weighted by atomic mass is 35.5. The van der Waals surface area contributed by atoms with Gasteiger partial charge in [0.25, 0.3) is 0 Å². The Bertz CT molecular complexity index is 965. The maximum absolute atomic E-state index is 13.5. The Kier molecular flexibility index (Phi) is 6.12. The molecule has 7 rings (SSSR count). The number of hydrogen-bond acceptors (Lipinski definition) is 4. The molecule has 4 bridgehead atoms. The molecule has 4 saturated carbocycles. The van der Waals surface area contributed by atoms with Gasteiger partial charge in [-0.2, -0.15) is 0 Å². The summed E-state index contributed by atoms with van der Waals surface area (Å²) in [6.45, 7) is 4.22. The van der Waals surface area contributed by atoms with Gasteiger partial charge in [0.05, 0.1) is 22.2 Å². The second-order valence-electron chi connectivity index (χ2n) is 11.7. The first-order valence-electron chi connectivity index (χ1n) is 13.4. The van der Waals surface area contributed by atoms with Crippen LogP contribution in [-0.4, -0.2) is 78.3 Å². The highest BCUT2D eigenvalue weighted by Gasteiger charge is 2.58. The lowest BCUT2D eigenvalue weighted by atomic mass is 9.48. The summed E-state index contributed by atoms with van der Waals surface area (Å²) in [5.41, 5.74) is 0.732. The van der Waals surface area contributed by atoms with Crippen LogP contribution in [0.15, 0.2) is 24.3 Å². The first-order chi connectivity index (χ1) is 16.9. The molecule has 4 aliphatic carbocycles. The van der Waals surface area contributed by atoms with Gasteiger partial charge in [-0.1, -0.05) is 23.7 Å². The van der Waals surface area contributed by atoms with Crippen LogP contribution in [0.5, 0.6) is 0 Å². The number of nitrogens with zero attached hydrogens (tertiary/aromatic N) is 3. The number of benzene rings is 1. The SMILES string of the molecule is O=C(N1CCN(c2ccccc2Cl)CC1)N1CCC[C@H](NC(=O)C23CC4CC(C2)C(O)C(C4)C3)C1. The molecule has 3 amide bonds. The van der Waals surface area contributed by atoms with Crippen LogP contribution in [0.1, 0.15) is 44.9 Å². The molecule has 0 spiro atoms. The zero-order chi connectivity index (χ0) is 24.2. The second-order valence-corrected chi connectivity index (χ2v) is 12.1. The van der Waals surface area contributed by atoms with Crippen LogP contribution in [0.4, 0.5) is 10.5 Å². The van der Waals surface area contributed by atoms with Crippen LogP contribution in [0.25, 0.3) is 0 Å². The van der Waals surface area contributed by atoms with E-state index in [4.69, 9.17) is 11.6 Å². The summed E-state index contributed by atoms with van der Waals surface area (Å²) in [7, 11) is 0. The molecule has 35 heavy (non-hydrogen) atoms. The van der Waals surface area contributed by atoms with E-state index >= 15 is 0 Å². The van der Waals surface area contributed by atoms with Crippen LogP contribution >= 0.6 is 11.6 Å². The number of carbonyl (C=O) groups is 2. The summed E-state index contributed by atoms with van der Waals surface area (Å²) < 4.78 is 0. The van der Waals surface area contributed by atoms with Crippen molar-refractivity contribution >= 4 is 29.2 Å². The Labute approximate surface area is 212 Å². The molecule has 3 atom stereocenters. The predicted molar refractivity (Wildman–Crippen MR) is 135 cm³/mol. The number of nitrogens with one attached hydrogen (secondary N) is 1. The quantitative estimate of drug-likeness (QED) is 0.667. The first-order valence-corrected chi connectivity index (χ1v) is 13.8. The number of rotatable bonds is 3. The van der Waals surface area contributed by atoms with Crippen LogP contribution in [0, 0.1) is 23.2 Å². The highest BCUT2D eigenvalue weighted by Crippen LogP contribution is 2.60. The molecule has 2 N–H and O–H groups in total. The molecule has 1 aromatic carbocycles. The average molecular weight is 501 g/mol. The van der Waals surface area contributed by atoms with Gasteiger partial charge in [0.2, 0.25) is 5.91 Å². The number of halogens is 1. The maximum atomic E-state index is 13.5. The number of urea groups is 1. The van der Waals surface area contributed by atoms with Gasteiger partial charge in [0, 0.05) is 45.3 Å². The third kappa shape index (κ3) is 4.29. The van der Waals surface area contributed by atoms with Crippen molar-refractivity contribution in [2.45, 2.75) is 57.1 Å². The number of piperidine rings is 1. The zero-order valence-electron chi connectivity index (χ0n) is 20.4. The lowest BCUT2D eigenvalue weighted by molar-refractivity contribution is -0.163. The average Bonchev–Trinajstić information content (AvgIpc) is 2.87. The Morgan fingerprint density at radius 1 is 0.971 bits per heavy atom. The van der Waals surface area contributed by atoms with Gasteiger partial charge in [0.1, 0.15) is 0 Å². The summed E-state index contributed by atoms with van der Waals surface area (Å²) in [6.07, 6.45) is 6.43. The predicted octanol–water partition coefficient (Wildman–Crippen LogP) is 3.35. The molecule has 2 saturated heterocycles.